The van der Waals surface area contributed by atoms with Gasteiger partial charge in [0, 0.05) is 45.3 Å². The highest BCUT2D eigenvalue weighted by Crippen LogP contribution is 2.40. The summed E-state index contributed by atoms with van der Waals surface area (Å²) in [4.78, 5) is 0. The van der Waals surface area contributed by atoms with Gasteiger partial charge in [-0.2, -0.15) is 10.2 Å². The molecule has 6 nitrogen and oxygen atoms in total. The summed E-state index contributed by atoms with van der Waals surface area (Å²) >= 11 is 19.0. The number of hydrogen-bond acceptors (Lipinski definition) is 4. The van der Waals surface area contributed by atoms with E-state index in [1.165, 1.54) is 42.5 Å². The summed E-state index contributed by atoms with van der Waals surface area (Å²) in [5.74, 6) is -0.515. The zero-order valence-corrected chi connectivity index (χ0v) is 30.4. The summed E-state index contributed by atoms with van der Waals surface area (Å²) in [6.07, 6.45) is 0. The van der Waals surface area contributed by atoms with Crippen LogP contribution in [-0.2, 0) is 14.1 Å². The molecule has 48 heavy (non-hydrogen) atoms. The standard InChI is InChI=1S/2C17H13BrClF2N3/c1-9-15(11-7-6-10(20)8-12(11)18)17(24(2)23-9)22-16-13(19)4-3-5-14(16)21;1-9-15(11-7-6-10(20)8-13(11)19)17(24(2)23-9)22-16-12(18)4-3-5-14(16)21/h2*3-8,22H,1-2H3. The second-order valence-corrected chi connectivity index (χ2v) is 13.1. The molecular formula is C34H26Br2Cl2F4N6. The summed E-state index contributed by atoms with van der Waals surface area (Å²) in [6, 6.07) is 17.7. The maximum Gasteiger partial charge on any atom is 0.148 e. The molecule has 14 heteroatoms. The molecular weight excluding hydrogens is 799 g/mol. The van der Waals surface area contributed by atoms with Gasteiger partial charge in [-0.1, -0.05) is 57.3 Å². The third-order valence-electron chi connectivity index (χ3n) is 7.26. The van der Waals surface area contributed by atoms with Crippen LogP contribution in [0, 0.1) is 37.1 Å². The Hall–Kier alpha value is -3.84. The smallest absolute Gasteiger partial charge is 0.148 e. The highest BCUT2D eigenvalue weighted by molar-refractivity contribution is 9.11. The molecule has 0 bridgehead atoms. The van der Waals surface area contributed by atoms with Crippen LogP contribution in [0.4, 0.5) is 40.6 Å². The Kier molecular flexibility index (Phi) is 10.9. The molecule has 2 aromatic heterocycles. The average Bonchev–Trinajstić information content (AvgIpc) is 3.45. The number of hydrogen-bond donors (Lipinski definition) is 2. The van der Waals surface area contributed by atoms with Gasteiger partial charge in [-0.05, 0) is 84.4 Å². The average molecular weight is 825 g/mol. The minimum Gasteiger partial charge on any atom is -0.337 e. The van der Waals surface area contributed by atoms with Gasteiger partial charge in [0.15, 0.2) is 0 Å². The predicted molar refractivity (Wildman–Crippen MR) is 191 cm³/mol. The van der Waals surface area contributed by atoms with E-state index in [4.69, 9.17) is 23.2 Å². The zero-order valence-electron chi connectivity index (χ0n) is 25.7. The maximum absolute atomic E-state index is 14.1. The van der Waals surface area contributed by atoms with Crippen molar-refractivity contribution in [2.45, 2.75) is 13.8 Å². The molecule has 4 aromatic carbocycles. The van der Waals surface area contributed by atoms with Crippen LogP contribution in [0.15, 0.2) is 81.7 Å². The third-order valence-corrected chi connectivity index (χ3v) is 9.20. The van der Waals surface area contributed by atoms with Crippen LogP contribution in [-0.4, -0.2) is 19.6 Å². The first-order chi connectivity index (χ1) is 22.8. The molecule has 0 amide bonds. The molecule has 0 aliphatic carbocycles. The van der Waals surface area contributed by atoms with Gasteiger partial charge >= 0.3 is 0 Å². The minimum atomic E-state index is -0.467. The molecule has 248 valence electrons. The Morgan fingerprint density at radius 1 is 0.604 bits per heavy atom. The van der Waals surface area contributed by atoms with E-state index in [-0.39, 0.29) is 21.5 Å². The fourth-order valence-electron chi connectivity index (χ4n) is 5.10. The second-order valence-electron chi connectivity index (χ2n) is 10.6. The number of halogens is 8. The number of aromatic nitrogens is 4. The quantitative estimate of drug-likeness (QED) is 0.164. The van der Waals surface area contributed by atoms with Crippen molar-refractivity contribution in [1.82, 2.24) is 19.6 Å². The lowest BCUT2D eigenvalue weighted by Crippen LogP contribution is -2.02. The van der Waals surface area contributed by atoms with Crippen molar-refractivity contribution in [2.24, 2.45) is 14.1 Å². The molecule has 0 spiro atoms. The molecule has 0 aliphatic rings. The normalized spacial score (nSPS) is 10.9. The number of nitrogens with zero attached hydrogens (tertiary/aromatic N) is 4. The van der Waals surface area contributed by atoms with E-state index in [0.717, 1.165) is 16.8 Å². The van der Waals surface area contributed by atoms with Crippen LogP contribution in [0.25, 0.3) is 22.3 Å². The van der Waals surface area contributed by atoms with Gasteiger partial charge in [0.1, 0.15) is 34.9 Å². The fraction of sp³-hybridized carbons (Fsp3) is 0.118. The Bertz CT molecular complexity index is 1960. The van der Waals surface area contributed by atoms with E-state index in [9.17, 15) is 17.6 Å². The van der Waals surface area contributed by atoms with Crippen molar-refractivity contribution in [2.75, 3.05) is 10.6 Å². The molecule has 0 radical (unpaired) electrons. The number of aryl methyl sites for hydroxylation is 4. The molecule has 2 heterocycles. The second kappa shape index (κ2) is 14.7. The van der Waals surface area contributed by atoms with Gasteiger partial charge in [-0.15, -0.1) is 0 Å². The van der Waals surface area contributed by atoms with Crippen LogP contribution >= 0.6 is 55.1 Å². The molecule has 0 unspecified atom stereocenters. The lowest BCUT2D eigenvalue weighted by Gasteiger charge is -2.13. The third kappa shape index (κ3) is 7.41. The number of anilines is 4. The number of para-hydroxylation sites is 2. The van der Waals surface area contributed by atoms with Gasteiger partial charge in [0.2, 0.25) is 0 Å². The van der Waals surface area contributed by atoms with Gasteiger partial charge < -0.3 is 10.6 Å². The summed E-state index contributed by atoms with van der Waals surface area (Å²) < 4.78 is 59.3. The van der Waals surface area contributed by atoms with E-state index in [0.29, 0.717) is 43.1 Å². The predicted octanol–water partition coefficient (Wildman–Crippen LogP) is 11.7. The lowest BCUT2D eigenvalue weighted by atomic mass is 10.1. The first-order valence-corrected chi connectivity index (χ1v) is 16.5. The lowest BCUT2D eigenvalue weighted by molar-refractivity contribution is 0.627. The van der Waals surface area contributed by atoms with Crippen molar-refractivity contribution >= 4 is 78.1 Å². The monoisotopic (exact) mass is 822 g/mol. The Labute approximate surface area is 301 Å². The van der Waals surface area contributed by atoms with Gasteiger partial charge in [-0.25, -0.2) is 17.6 Å². The summed E-state index contributed by atoms with van der Waals surface area (Å²) in [5.41, 5.74) is 4.68. The van der Waals surface area contributed by atoms with E-state index in [1.807, 2.05) is 13.8 Å². The van der Waals surface area contributed by atoms with Gasteiger partial charge in [0.25, 0.3) is 0 Å². The molecule has 0 saturated heterocycles. The minimum absolute atomic E-state index is 0.168. The molecule has 2 N–H and O–H groups in total. The first-order valence-electron chi connectivity index (χ1n) is 14.2. The molecule has 0 fully saturated rings. The highest BCUT2D eigenvalue weighted by Gasteiger charge is 2.21. The summed E-state index contributed by atoms with van der Waals surface area (Å²) in [7, 11) is 3.48. The number of benzene rings is 4. The zero-order chi connectivity index (χ0) is 34.9. The van der Waals surface area contributed by atoms with Crippen LogP contribution < -0.4 is 10.6 Å². The molecule has 6 rings (SSSR count). The first kappa shape index (κ1) is 35.5. The maximum atomic E-state index is 14.1. The molecule has 6 aromatic rings. The van der Waals surface area contributed by atoms with E-state index < -0.39 is 17.5 Å². The van der Waals surface area contributed by atoms with E-state index in [2.05, 4.69) is 52.7 Å². The van der Waals surface area contributed by atoms with E-state index in [1.54, 1.807) is 53.8 Å². The van der Waals surface area contributed by atoms with Crippen LogP contribution in [0.5, 0.6) is 0 Å². The van der Waals surface area contributed by atoms with Gasteiger partial charge in [-0.3, -0.25) is 9.36 Å². The van der Waals surface area contributed by atoms with Crippen molar-refractivity contribution in [3.8, 4) is 22.3 Å². The summed E-state index contributed by atoms with van der Waals surface area (Å²) in [5, 5.41) is 15.4. The number of rotatable bonds is 6. The Morgan fingerprint density at radius 3 is 1.65 bits per heavy atom. The topological polar surface area (TPSA) is 59.7 Å². The molecule has 0 saturated carbocycles. The number of nitrogens with one attached hydrogen (secondary N) is 2. The van der Waals surface area contributed by atoms with E-state index >= 15 is 0 Å². The molecule has 0 atom stereocenters. The van der Waals surface area contributed by atoms with Crippen molar-refractivity contribution in [3.05, 3.63) is 126 Å². The van der Waals surface area contributed by atoms with Gasteiger partial charge in [0.05, 0.1) is 32.8 Å². The van der Waals surface area contributed by atoms with Crippen LogP contribution in [0.3, 0.4) is 0 Å². The van der Waals surface area contributed by atoms with Crippen molar-refractivity contribution in [1.29, 1.82) is 0 Å². The fourth-order valence-corrected chi connectivity index (χ4v) is 6.57. The van der Waals surface area contributed by atoms with Crippen LogP contribution in [0.1, 0.15) is 11.4 Å². The van der Waals surface area contributed by atoms with Crippen molar-refractivity contribution < 1.29 is 17.6 Å². The SMILES string of the molecule is Cc1nn(C)c(Nc2c(F)cccc2Br)c1-c1ccc(F)cc1Cl.Cc1nn(C)c(Nc2c(F)cccc2Cl)c1-c1ccc(F)cc1Br. The van der Waals surface area contributed by atoms with Crippen LogP contribution in [0.2, 0.25) is 10.0 Å². The summed E-state index contributed by atoms with van der Waals surface area (Å²) in [6.45, 7) is 3.65. The Morgan fingerprint density at radius 2 is 1.10 bits per heavy atom. The highest BCUT2D eigenvalue weighted by atomic mass is 79.9. The van der Waals surface area contributed by atoms with Crippen molar-refractivity contribution in [3.63, 3.8) is 0 Å². The Balaban J connectivity index is 0.000000188. The molecule has 0 aliphatic heterocycles. The largest absolute Gasteiger partial charge is 0.337 e.